The number of nitrogens with zero attached hydrogens (tertiary/aromatic N) is 6. The molecule has 0 saturated carbocycles. The molecule has 5 aromatic heterocycles. The zero-order valence-corrected chi connectivity index (χ0v) is 25.8. The van der Waals surface area contributed by atoms with Crippen molar-refractivity contribution >= 4 is 21.8 Å². The first kappa shape index (κ1) is 28.8. The van der Waals surface area contributed by atoms with Crippen LogP contribution in [0.3, 0.4) is 0 Å². The first-order valence-electron chi connectivity index (χ1n) is 16.3. The normalized spacial score (nSPS) is 16.1. The van der Waals surface area contributed by atoms with Crippen molar-refractivity contribution in [1.29, 1.82) is 0 Å². The van der Waals surface area contributed by atoms with Gasteiger partial charge in [-0.15, -0.1) is 0 Å². The van der Waals surface area contributed by atoms with E-state index in [1.807, 2.05) is 24.7 Å². The average molecular weight is 617 g/mol. The second kappa shape index (κ2) is 12.6. The number of pyridine rings is 3. The van der Waals surface area contributed by atoms with Crippen LogP contribution < -0.4 is 4.74 Å². The summed E-state index contributed by atoms with van der Waals surface area (Å²) in [7, 11) is 0. The van der Waals surface area contributed by atoms with Gasteiger partial charge in [-0.3, -0.25) is 29.9 Å². The van der Waals surface area contributed by atoms with Crippen LogP contribution in [0.25, 0.3) is 55.6 Å². The summed E-state index contributed by atoms with van der Waals surface area (Å²) in [6.07, 6.45) is 15.5. The Kier molecular flexibility index (Phi) is 7.89. The largest absolute Gasteiger partial charge is 0.492 e. The fourth-order valence-electron chi connectivity index (χ4n) is 6.88. The highest BCUT2D eigenvalue weighted by molar-refractivity contribution is 6.01. The summed E-state index contributed by atoms with van der Waals surface area (Å²) in [4.78, 5) is 22.1. The van der Waals surface area contributed by atoms with Crippen molar-refractivity contribution in [2.75, 3.05) is 39.3 Å². The highest BCUT2D eigenvalue weighted by Crippen LogP contribution is 2.36. The SMILES string of the molecule is Fc1cc(OCCN2CCCC2)cc(-c2cncc3[nH]c(-c4n[nH]c5cnc(-c6cncc(CN7CCCCC7)c6)cc45)cc23)c1. The van der Waals surface area contributed by atoms with Crippen LogP contribution in [0, 0.1) is 5.82 Å². The second-order valence-electron chi connectivity index (χ2n) is 12.5. The molecule has 2 fully saturated rings. The first-order chi connectivity index (χ1) is 22.7. The lowest BCUT2D eigenvalue weighted by molar-refractivity contribution is 0.220. The maximum atomic E-state index is 14.8. The number of fused-ring (bicyclic) bond motifs is 2. The molecule has 0 bridgehead atoms. The third-order valence-corrected chi connectivity index (χ3v) is 9.25. The predicted molar refractivity (Wildman–Crippen MR) is 178 cm³/mol. The minimum absolute atomic E-state index is 0.339. The molecule has 2 saturated heterocycles. The molecule has 234 valence electrons. The molecule has 7 heterocycles. The number of piperidine rings is 1. The maximum absolute atomic E-state index is 14.8. The van der Waals surface area contributed by atoms with E-state index in [1.165, 1.54) is 49.8 Å². The van der Waals surface area contributed by atoms with Gasteiger partial charge in [0, 0.05) is 59.6 Å². The summed E-state index contributed by atoms with van der Waals surface area (Å²) >= 11 is 0. The molecule has 0 amide bonds. The van der Waals surface area contributed by atoms with E-state index in [4.69, 9.17) is 9.72 Å². The number of rotatable bonds is 9. The zero-order chi connectivity index (χ0) is 30.9. The molecular weight excluding hydrogens is 579 g/mol. The quantitative estimate of drug-likeness (QED) is 0.184. The van der Waals surface area contributed by atoms with Gasteiger partial charge in [-0.25, -0.2) is 4.39 Å². The molecule has 2 aliphatic rings. The number of nitrogens with one attached hydrogen (secondary N) is 2. The maximum Gasteiger partial charge on any atom is 0.127 e. The Hall–Kier alpha value is -4.67. The summed E-state index contributed by atoms with van der Waals surface area (Å²) in [6, 6.07) is 11.2. The van der Waals surface area contributed by atoms with Crippen molar-refractivity contribution in [3.63, 3.8) is 0 Å². The van der Waals surface area contributed by atoms with Crippen LogP contribution >= 0.6 is 0 Å². The van der Waals surface area contributed by atoms with Crippen LogP contribution in [-0.2, 0) is 6.54 Å². The van der Waals surface area contributed by atoms with E-state index in [0.717, 1.165) is 94.8 Å². The van der Waals surface area contributed by atoms with E-state index in [1.54, 1.807) is 12.4 Å². The molecule has 0 spiro atoms. The Bertz CT molecular complexity index is 1990. The molecule has 10 heteroatoms. The topological polar surface area (TPSA) is 98.8 Å². The van der Waals surface area contributed by atoms with E-state index in [2.05, 4.69) is 53.1 Å². The zero-order valence-electron chi connectivity index (χ0n) is 25.8. The fourth-order valence-corrected chi connectivity index (χ4v) is 6.88. The van der Waals surface area contributed by atoms with E-state index in [9.17, 15) is 4.39 Å². The van der Waals surface area contributed by atoms with Crippen molar-refractivity contribution in [1.82, 2.24) is 39.9 Å². The Balaban J connectivity index is 1.08. The van der Waals surface area contributed by atoms with Gasteiger partial charge in [0.2, 0.25) is 0 Å². The van der Waals surface area contributed by atoms with Gasteiger partial charge in [0.05, 0.1) is 34.8 Å². The van der Waals surface area contributed by atoms with Crippen LogP contribution in [0.2, 0.25) is 0 Å². The van der Waals surface area contributed by atoms with Gasteiger partial charge in [-0.1, -0.05) is 6.42 Å². The van der Waals surface area contributed by atoms with Crippen LogP contribution in [0.15, 0.2) is 67.4 Å². The molecule has 0 unspecified atom stereocenters. The number of hydrogen-bond donors (Lipinski definition) is 2. The van der Waals surface area contributed by atoms with Crippen molar-refractivity contribution in [3.8, 4) is 39.5 Å². The summed E-state index contributed by atoms with van der Waals surface area (Å²) in [5, 5.41) is 9.68. The molecule has 2 N–H and O–H groups in total. The van der Waals surface area contributed by atoms with Gasteiger partial charge in [0.15, 0.2) is 0 Å². The summed E-state index contributed by atoms with van der Waals surface area (Å²) < 4.78 is 20.8. The fraction of sp³-hybridized carbons (Fsp3) is 0.333. The molecule has 0 atom stereocenters. The van der Waals surface area contributed by atoms with E-state index >= 15 is 0 Å². The van der Waals surface area contributed by atoms with E-state index in [0.29, 0.717) is 12.4 Å². The number of ether oxygens (including phenoxy) is 1. The summed E-state index contributed by atoms with van der Waals surface area (Å²) in [5.74, 6) is 0.184. The summed E-state index contributed by atoms with van der Waals surface area (Å²) in [6.45, 7) is 6.77. The van der Waals surface area contributed by atoms with Crippen molar-refractivity contribution in [2.24, 2.45) is 0 Å². The van der Waals surface area contributed by atoms with E-state index in [-0.39, 0.29) is 5.82 Å². The van der Waals surface area contributed by atoms with E-state index < -0.39 is 0 Å². The summed E-state index contributed by atoms with van der Waals surface area (Å²) in [5.41, 5.74) is 7.86. The first-order valence-corrected chi connectivity index (χ1v) is 16.3. The van der Waals surface area contributed by atoms with Crippen LogP contribution in [0.1, 0.15) is 37.7 Å². The molecule has 1 aromatic carbocycles. The third-order valence-electron chi connectivity index (χ3n) is 9.25. The Labute approximate surface area is 266 Å². The van der Waals surface area contributed by atoms with Crippen molar-refractivity contribution in [3.05, 3.63) is 78.8 Å². The van der Waals surface area contributed by atoms with Crippen LogP contribution in [0.4, 0.5) is 4.39 Å². The molecule has 2 aliphatic heterocycles. The number of aromatic amines is 2. The minimum Gasteiger partial charge on any atom is -0.492 e. The van der Waals surface area contributed by atoms with Crippen molar-refractivity contribution in [2.45, 2.75) is 38.6 Å². The molecule has 46 heavy (non-hydrogen) atoms. The molecule has 0 radical (unpaired) electrons. The molecule has 9 nitrogen and oxygen atoms in total. The Morgan fingerprint density at radius 2 is 1.57 bits per heavy atom. The van der Waals surface area contributed by atoms with Gasteiger partial charge in [-0.2, -0.15) is 5.10 Å². The van der Waals surface area contributed by atoms with Gasteiger partial charge in [0.1, 0.15) is 23.9 Å². The predicted octanol–water partition coefficient (Wildman–Crippen LogP) is 6.83. The van der Waals surface area contributed by atoms with Crippen molar-refractivity contribution < 1.29 is 9.13 Å². The average Bonchev–Trinajstić information content (AvgIpc) is 3.85. The lowest BCUT2D eigenvalue weighted by Crippen LogP contribution is -2.29. The minimum atomic E-state index is -0.339. The highest BCUT2D eigenvalue weighted by Gasteiger charge is 2.17. The number of halogens is 1. The molecule has 8 rings (SSSR count). The number of aromatic nitrogens is 6. The van der Waals surface area contributed by atoms with Crippen LogP contribution in [-0.4, -0.2) is 79.3 Å². The lowest BCUT2D eigenvalue weighted by Gasteiger charge is -2.26. The smallest absolute Gasteiger partial charge is 0.127 e. The Morgan fingerprint density at radius 1 is 0.739 bits per heavy atom. The number of likely N-dealkylation sites (tertiary alicyclic amines) is 2. The Morgan fingerprint density at radius 3 is 2.46 bits per heavy atom. The highest BCUT2D eigenvalue weighted by atomic mass is 19.1. The molecular formula is C36H37FN8O. The lowest BCUT2D eigenvalue weighted by atomic mass is 10.0. The number of H-pyrrole nitrogens is 2. The molecule has 0 aliphatic carbocycles. The van der Waals surface area contributed by atoms with Gasteiger partial charge in [0.25, 0.3) is 0 Å². The number of hydrogen-bond acceptors (Lipinski definition) is 7. The standard InChI is InChI=1S/C36H37FN8O/c37-27-13-25(14-28(15-27)46-11-10-44-6-4-5-7-44)31-20-39-21-34-29(31)16-33(41-34)36-30-17-32(40-22-35(30)42-43-36)26-12-24(18-38-19-26)23-45-8-2-1-3-9-45/h12-22,41H,1-11,23H2,(H,42,43). The number of benzene rings is 1. The second-order valence-corrected chi connectivity index (χ2v) is 12.5. The third kappa shape index (κ3) is 5.98. The van der Waals surface area contributed by atoms with Gasteiger partial charge < -0.3 is 9.72 Å². The van der Waals surface area contributed by atoms with Gasteiger partial charge >= 0.3 is 0 Å². The monoisotopic (exact) mass is 616 g/mol. The van der Waals surface area contributed by atoms with Crippen LogP contribution in [0.5, 0.6) is 5.75 Å². The molecule has 6 aromatic rings. The van der Waals surface area contributed by atoms with Gasteiger partial charge in [-0.05, 0) is 93.3 Å².